The molecule has 1 unspecified atom stereocenters. The fourth-order valence-electron chi connectivity index (χ4n) is 1.53. The third-order valence-electron chi connectivity index (χ3n) is 2.89. The highest BCUT2D eigenvalue weighted by Gasteiger charge is 2.34. The molecule has 1 rings (SSSR count). The highest BCUT2D eigenvalue weighted by Crippen LogP contribution is 2.19. The Bertz CT molecular complexity index is 426. The molecule has 7 heteroatoms. The van der Waals surface area contributed by atoms with E-state index in [1.165, 1.54) is 13.8 Å². The van der Waals surface area contributed by atoms with E-state index in [9.17, 15) is 18.0 Å². The van der Waals surface area contributed by atoms with Gasteiger partial charge in [0.1, 0.15) is 0 Å². The van der Waals surface area contributed by atoms with Crippen LogP contribution in [0.5, 0.6) is 0 Å². The summed E-state index contributed by atoms with van der Waals surface area (Å²) in [5, 5.41) is 11.4. The van der Waals surface area contributed by atoms with Gasteiger partial charge in [-0.2, -0.15) is 0 Å². The molecule has 1 amide bonds. The fourth-order valence-corrected chi connectivity index (χ4v) is 3.27. The van der Waals surface area contributed by atoms with Gasteiger partial charge in [-0.25, -0.2) is 8.42 Å². The first-order chi connectivity index (χ1) is 7.64. The van der Waals surface area contributed by atoms with Crippen molar-refractivity contribution in [1.29, 1.82) is 0 Å². The van der Waals surface area contributed by atoms with Crippen molar-refractivity contribution in [2.75, 3.05) is 18.1 Å². The summed E-state index contributed by atoms with van der Waals surface area (Å²) in [5.74, 6) is -2.01. The zero-order valence-electron chi connectivity index (χ0n) is 9.89. The molecule has 6 nitrogen and oxygen atoms in total. The van der Waals surface area contributed by atoms with Crippen molar-refractivity contribution in [1.82, 2.24) is 5.32 Å². The second-order valence-corrected chi connectivity index (χ2v) is 7.24. The Morgan fingerprint density at radius 3 is 2.41 bits per heavy atom. The van der Waals surface area contributed by atoms with Crippen LogP contribution in [-0.4, -0.2) is 43.5 Å². The van der Waals surface area contributed by atoms with Gasteiger partial charge in [0.05, 0.1) is 22.8 Å². The van der Waals surface area contributed by atoms with Crippen molar-refractivity contribution >= 4 is 21.7 Å². The number of hydrogen-bond acceptors (Lipinski definition) is 4. The van der Waals surface area contributed by atoms with E-state index >= 15 is 0 Å². The number of carboxylic acids is 1. The Balaban J connectivity index is 2.49. The SMILES string of the molecule is CC(C)(CNC(=O)C1CCS(=O)(=O)C1)C(=O)O. The third kappa shape index (κ3) is 3.69. The lowest BCUT2D eigenvalue weighted by molar-refractivity contribution is -0.146. The minimum absolute atomic E-state index is 0.00227. The van der Waals surface area contributed by atoms with Gasteiger partial charge in [0, 0.05) is 6.54 Å². The van der Waals surface area contributed by atoms with Gasteiger partial charge in [-0.15, -0.1) is 0 Å². The van der Waals surface area contributed by atoms with Gasteiger partial charge in [-0.05, 0) is 20.3 Å². The average Bonchev–Trinajstić information content (AvgIpc) is 2.55. The molecule has 2 N–H and O–H groups in total. The Morgan fingerprint density at radius 2 is 2.00 bits per heavy atom. The molecule has 0 saturated carbocycles. The summed E-state index contributed by atoms with van der Waals surface area (Å²) in [5.41, 5.74) is -1.05. The van der Waals surface area contributed by atoms with E-state index in [2.05, 4.69) is 5.32 Å². The molecular formula is C10H17NO5S. The number of carbonyl (C=O) groups excluding carboxylic acids is 1. The van der Waals surface area contributed by atoms with Crippen LogP contribution in [0.15, 0.2) is 0 Å². The Kier molecular flexibility index (Phi) is 3.81. The number of nitrogens with one attached hydrogen (secondary N) is 1. The molecule has 1 fully saturated rings. The number of carboxylic acid groups (broad SMARTS) is 1. The van der Waals surface area contributed by atoms with Crippen molar-refractivity contribution in [2.24, 2.45) is 11.3 Å². The molecule has 1 heterocycles. The highest BCUT2D eigenvalue weighted by atomic mass is 32.2. The van der Waals surface area contributed by atoms with E-state index in [0.29, 0.717) is 6.42 Å². The van der Waals surface area contributed by atoms with Crippen LogP contribution in [0.4, 0.5) is 0 Å². The van der Waals surface area contributed by atoms with E-state index in [0.717, 1.165) is 0 Å². The van der Waals surface area contributed by atoms with Gasteiger partial charge in [-0.1, -0.05) is 0 Å². The number of carbonyl (C=O) groups is 2. The molecule has 0 aromatic heterocycles. The van der Waals surface area contributed by atoms with Gasteiger partial charge in [0.15, 0.2) is 9.84 Å². The lowest BCUT2D eigenvalue weighted by atomic mass is 9.93. The molecule has 0 aliphatic carbocycles. The zero-order chi connectivity index (χ0) is 13.3. The molecule has 0 aromatic rings. The molecule has 1 atom stereocenters. The molecule has 0 aromatic carbocycles. The second kappa shape index (κ2) is 4.64. The monoisotopic (exact) mass is 263 g/mol. The van der Waals surface area contributed by atoms with E-state index in [1.54, 1.807) is 0 Å². The van der Waals surface area contributed by atoms with Crippen molar-refractivity contribution in [3.8, 4) is 0 Å². The van der Waals surface area contributed by atoms with Crippen LogP contribution in [0.3, 0.4) is 0 Å². The molecule has 0 radical (unpaired) electrons. The number of rotatable bonds is 4. The number of aliphatic carboxylic acids is 1. The van der Waals surface area contributed by atoms with Crippen LogP contribution >= 0.6 is 0 Å². The van der Waals surface area contributed by atoms with E-state index < -0.39 is 27.1 Å². The van der Waals surface area contributed by atoms with Gasteiger partial charge < -0.3 is 10.4 Å². The van der Waals surface area contributed by atoms with E-state index in [1.807, 2.05) is 0 Å². The maximum atomic E-state index is 11.6. The van der Waals surface area contributed by atoms with Crippen molar-refractivity contribution < 1.29 is 23.1 Å². The van der Waals surface area contributed by atoms with E-state index in [4.69, 9.17) is 5.11 Å². The maximum Gasteiger partial charge on any atom is 0.310 e. The minimum Gasteiger partial charge on any atom is -0.481 e. The molecule has 1 saturated heterocycles. The van der Waals surface area contributed by atoms with Crippen LogP contribution in [0.25, 0.3) is 0 Å². The summed E-state index contributed by atoms with van der Waals surface area (Å²) >= 11 is 0. The number of sulfone groups is 1. The summed E-state index contributed by atoms with van der Waals surface area (Å²) in [6, 6.07) is 0. The van der Waals surface area contributed by atoms with Gasteiger partial charge in [-0.3, -0.25) is 9.59 Å². The lowest BCUT2D eigenvalue weighted by Gasteiger charge is -2.20. The summed E-state index contributed by atoms with van der Waals surface area (Å²) in [6.07, 6.45) is 0.321. The first-order valence-corrected chi connectivity index (χ1v) is 7.18. The highest BCUT2D eigenvalue weighted by molar-refractivity contribution is 7.91. The quantitative estimate of drug-likeness (QED) is 0.722. The molecule has 17 heavy (non-hydrogen) atoms. The molecule has 1 aliphatic rings. The molecule has 0 bridgehead atoms. The Hall–Kier alpha value is -1.11. The van der Waals surface area contributed by atoms with Crippen LogP contribution in [-0.2, 0) is 19.4 Å². The standard InChI is InChI=1S/C10H17NO5S/c1-10(2,9(13)14)6-11-8(12)7-3-4-17(15,16)5-7/h7H,3-6H2,1-2H3,(H,11,12)(H,13,14). The molecule has 0 spiro atoms. The molecular weight excluding hydrogens is 246 g/mol. The van der Waals surface area contributed by atoms with Crippen molar-refractivity contribution in [3.63, 3.8) is 0 Å². The Labute approximate surface area is 100 Å². The predicted octanol–water partition coefficient (Wildman–Crippen LogP) is -0.352. The van der Waals surface area contributed by atoms with Gasteiger partial charge >= 0.3 is 5.97 Å². The number of hydrogen-bond donors (Lipinski definition) is 2. The van der Waals surface area contributed by atoms with Crippen molar-refractivity contribution in [2.45, 2.75) is 20.3 Å². The largest absolute Gasteiger partial charge is 0.481 e. The second-order valence-electron chi connectivity index (χ2n) is 5.01. The fraction of sp³-hybridized carbons (Fsp3) is 0.800. The normalized spacial score (nSPS) is 23.3. The summed E-state index contributed by atoms with van der Waals surface area (Å²) in [4.78, 5) is 22.4. The van der Waals surface area contributed by atoms with Crippen LogP contribution < -0.4 is 5.32 Å². The molecule has 1 aliphatic heterocycles. The predicted molar refractivity (Wildman–Crippen MR) is 61.2 cm³/mol. The zero-order valence-corrected chi connectivity index (χ0v) is 10.7. The smallest absolute Gasteiger partial charge is 0.310 e. The summed E-state index contributed by atoms with van der Waals surface area (Å²) < 4.78 is 22.4. The first-order valence-electron chi connectivity index (χ1n) is 5.35. The van der Waals surface area contributed by atoms with Gasteiger partial charge in [0.2, 0.25) is 5.91 Å². The minimum atomic E-state index is -3.09. The summed E-state index contributed by atoms with van der Waals surface area (Å²) in [6.45, 7) is 3.00. The maximum absolute atomic E-state index is 11.6. The Morgan fingerprint density at radius 1 is 1.41 bits per heavy atom. The lowest BCUT2D eigenvalue weighted by Crippen LogP contribution is -2.41. The topological polar surface area (TPSA) is 101 Å². The third-order valence-corrected chi connectivity index (χ3v) is 4.65. The average molecular weight is 263 g/mol. The van der Waals surface area contributed by atoms with Crippen molar-refractivity contribution in [3.05, 3.63) is 0 Å². The summed E-state index contributed by atoms with van der Waals surface area (Å²) in [7, 11) is -3.09. The number of amides is 1. The van der Waals surface area contributed by atoms with Gasteiger partial charge in [0.25, 0.3) is 0 Å². The van der Waals surface area contributed by atoms with E-state index in [-0.39, 0.29) is 24.0 Å². The van der Waals surface area contributed by atoms with Crippen LogP contribution in [0.1, 0.15) is 20.3 Å². The van der Waals surface area contributed by atoms with Crippen LogP contribution in [0.2, 0.25) is 0 Å². The first kappa shape index (κ1) is 14.0. The van der Waals surface area contributed by atoms with Crippen LogP contribution in [0, 0.1) is 11.3 Å². The molecule has 98 valence electrons.